The van der Waals surface area contributed by atoms with Crippen LogP contribution in [0.3, 0.4) is 0 Å². The van der Waals surface area contributed by atoms with E-state index in [2.05, 4.69) is 23.8 Å². The first-order valence-electron chi connectivity index (χ1n) is 12.3. The van der Waals surface area contributed by atoms with Crippen LogP contribution in [0.15, 0.2) is 47.2 Å². The maximum Gasteiger partial charge on any atom is 0.223 e. The normalized spacial score (nSPS) is 29.9. The van der Waals surface area contributed by atoms with Gasteiger partial charge in [-0.2, -0.15) is 11.3 Å². The Morgan fingerprint density at radius 1 is 1.23 bits per heavy atom. The Labute approximate surface area is 215 Å². The van der Waals surface area contributed by atoms with Gasteiger partial charge in [0.25, 0.3) is 0 Å². The number of hydrogen-bond acceptors (Lipinski definition) is 6. The Balaban J connectivity index is 1.52. The smallest absolute Gasteiger partial charge is 0.223 e. The second-order valence-corrected chi connectivity index (χ2v) is 12.7. The summed E-state index contributed by atoms with van der Waals surface area (Å²) < 4.78 is 0. The number of carbonyl (C=O) groups is 1. The number of benzene rings is 1. The lowest BCUT2D eigenvalue weighted by Gasteiger charge is -2.58. The molecule has 5 unspecified atom stereocenters. The molecule has 2 aromatic heterocycles. The molecule has 5 rings (SSSR count). The maximum absolute atomic E-state index is 13.6. The van der Waals surface area contributed by atoms with Gasteiger partial charge in [0.1, 0.15) is 5.01 Å². The molecule has 0 bridgehead atoms. The van der Waals surface area contributed by atoms with E-state index in [1.165, 1.54) is 4.88 Å². The first-order chi connectivity index (χ1) is 16.8. The number of nitrogens with zero attached hydrogens (tertiary/aromatic N) is 2. The highest BCUT2D eigenvalue weighted by Crippen LogP contribution is 2.63. The lowest BCUT2D eigenvalue weighted by molar-refractivity contribution is -0.147. The van der Waals surface area contributed by atoms with E-state index in [1.807, 2.05) is 49.2 Å². The molecule has 0 saturated heterocycles. The third-order valence-electron chi connectivity index (χ3n) is 8.73. The minimum Gasteiger partial charge on any atom is -0.396 e. The van der Waals surface area contributed by atoms with Crippen molar-refractivity contribution in [2.75, 3.05) is 13.7 Å². The SMILES string of the molecule is CN(Cc1ccccc1)C(=O)CC1c2nc(-c3ccsc3)sc2CC2C(C)(CO)C(O)CCC12C. The molecule has 186 valence electrons. The number of aliphatic hydroxyl groups is 2. The predicted octanol–water partition coefficient (Wildman–Crippen LogP) is 5.34. The predicted molar refractivity (Wildman–Crippen MR) is 141 cm³/mol. The van der Waals surface area contributed by atoms with Gasteiger partial charge < -0.3 is 15.1 Å². The average molecular weight is 511 g/mol. The fourth-order valence-corrected chi connectivity index (χ4v) is 8.31. The van der Waals surface area contributed by atoms with Gasteiger partial charge in [0.15, 0.2) is 0 Å². The summed E-state index contributed by atoms with van der Waals surface area (Å²) in [6.07, 6.45) is 2.07. The number of rotatable bonds is 6. The quantitative estimate of drug-likeness (QED) is 0.470. The van der Waals surface area contributed by atoms with Crippen LogP contribution in [0.1, 0.15) is 55.2 Å². The fraction of sp³-hybridized carbons (Fsp3) is 0.500. The summed E-state index contributed by atoms with van der Waals surface area (Å²) in [7, 11) is 1.87. The van der Waals surface area contributed by atoms with Crippen LogP contribution >= 0.6 is 22.7 Å². The van der Waals surface area contributed by atoms with Crippen molar-refractivity contribution in [1.29, 1.82) is 0 Å². The van der Waals surface area contributed by atoms with E-state index in [-0.39, 0.29) is 29.8 Å². The van der Waals surface area contributed by atoms with E-state index < -0.39 is 11.5 Å². The Morgan fingerprint density at radius 2 is 2.00 bits per heavy atom. The van der Waals surface area contributed by atoms with Crippen LogP contribution < -0.4 is 0 Å². The first kappa shape index (κ1) is 24.6. The van der Waals surface area contributed by atoms with Crippen LogP contribution in [-0.4, -0.2) is 45.8 Å². The summed E-state index contributed by atoms with van der Waals surface area (Å²) in [4.78, 5) is 21.7. The lowest BCUT2D eigenvalue weighted by Crippen LogP contribution is -2.57. The van der Waals surface area contributed by atoms with Crippen LogP contribution in [0.25, 0.3) is 10.6 Å². The number of fused-ring (bicyclic) bond motifs is 2. The summed E-state index contributed by atoms with van der Waals surface area (Å²) in [6, 6.07) is 12.2. The summed E-state index contributed by atoms with van der Waals surface area (Å²) in [6.45, 7) is 4.79. The van der Waals surface area contributed by atoms with Crippen molar-refractivity contribution in [3.63, 3.8) is 0 Å². The van der Waals surface area contributed by atoms with Gasteiger partial charge in [-0.15, -0.1) is 11.3 Å². The van der Waals surface area contributed by atoms with Crippen molar-refractivity contribution in [3.8, 4) is 10.6 Å². The number of thiophene rings is 1. The number of hydrogen-bond donors (Lipinski definition) is 2. The van der Waals surface area contributed by atoms with E-state index >= 15 is 0 Å². The minimum atomic E-state index is -0.603. The second-order valence-electron chi connectivity index (χ2n) is 10.8. The van der Waals surface area contributed by atoms with Crippen LogP contribution in [-0.2, 0) is 17.8 Å². The van der Waals surface area contributed by atoms with E-state index in [0.29, 0.717) is 19.4 Å². The molecule has 0 aliphatic heterocycles. The molecule has 1 amide bonds. The molecule has 1 saturated carbocycles. The van der Waals surface area contributed by atoms with Crippen molar-refractivity contribution in [2.45, 2.75) is 58.1 Å². The molecule has 2 heterocycles. The molecule has 3 aromatic rings. The van der Waals surface area contributed by atoms with Gasteiger partial charge in [-0.3, -0.25) is 4.79 Å². The number of amides is 1. The van der Waals surface area contributed by atoms with Crippen molar-refractivity contribution in [3.05, 3.63) is 63.3 Å². The molecule has 7 heteroatoms. The Kier molecular flexibility index (Phi) is 6.64. The Morgan fingerprint density at radius 3 is 2.69 bits per heavy atom. The first-order valence-corrected chi connectivity index (χ1v) is 14.1. The standard InChI is InChI=1S/C28H34N2O3S2/c1-27-11-9-23(32)28(2,17-31)22(27)14-21-25(29-26(35-21)19-10-12-34-16-19)20(27)13-24(33)30(3)15-18-7-5-4-6-8-18/h4-8,10,12,16,20,22-23,31-32H,9,11,13-15,17H2,1-3H3. The van der Waals surface area contributed by atoms with Crippen molar-refractivity contribution >= 4 is 28.6 Å². The highest BCUT2D eigenvalue weighted by Gasteiger charge is 2.59. The van der Waals surface area contributed by atoms with Crippen LogP contribution in [0.5, 0.6) is 0 Å². The minimum absolute atomic E-state index is 0.0519. The van der Waals surface area contributed by atoms with Gasteiger partial charge in [0, 0.05) is 47.2 Å². The topological polar surface area (TPSA) is 73.7 Å². The Bertz CT molecular complexity index is 1180. The zero-order chi connectivity index (χ0) is 24.8. The third kappa shape index (κ3) is 4.26. The molecular weight excluding hydrogens is 476 g/mol. The number of carbonyl (C=O) groups excluding carboxylic acids is 1. The van der Waals surface area contributed by atoms with Crippen LogP contribution in [0, 0.1) is 16.7 Å². The zero-order valence-electron chi connectivity index (χ0n) is 20.6. The lowest BCUT2D eigenvalue weighted by atomic mass is 9.47. The maximum atomic E-state index is 13.6. The van der Waals surface area contributed by atoms with Gasteiger partial charge in [-0.05, 0) is 47.6 Å². The van der Waals surface area contributed by atoms with Crippen molar-refractivity contribution < 1.29 is 15.0 Å². The molecule has 35 heavy (non-hydrogen) atoms. The van der Waals surface area contributed by atoms with Crippen LogP contribution in [0.4, 0.5) is 0 Å². The van der Waals surface area contributed by atoms with Crippen molar-refractivity contribution in [2.24, 2.45) is 16.7 Å². The summed E-state index contributed by atoms with van der Waals surface area (Å²) >= 11 is 3.37. The molecule has 0 spiro atoms. The molecule has 2 aliphatic carbocycles. The third-order valence-corrected chi connectivity index (χ3v) is 10.6. The molecule has 5 nitrogen and oxygen atoms in total. The van der Waals surface area contributed by atoms with Gasteiger partial charge in [0.2, 0.25) is 5.91 Å². The van der Waals surface area contributed by atoms with Gasteiger partial charge in [-0.1, -0.05) is 44.2 Å². The fourth-order valence-electron chi connectivity index (χ4n) is 6.43. The molecule has 1 fully saturated rings. The summed E-state index contributed by atoms with van der Waals surface area (Å²) in [5.74, 6) is 0.127. The summed E-state index contributed by atoms with van der Waals surface area (Å²) in [5.41, 5.74) is 2.45. The zero-order valence-corrected chi connectivity index (χ0v) is 22.2. The molecule has 2 aliphatic rings. The van der Waals surface area contributed by atoms with Gasteiger partial charge in [-0.25, -0.2) is 4.98 Å². The second kappa shape index (κ2) is 9.43. The number of aromatic nitrogens is 1. The van der Waals surface area contributed by atoms with Crippen LogP contribution in [0.2, 0.25) is 0 Å². The number of aliphatic hydroxyl groups excluding tert-OH is 2. The summed E-state index contributed by atoms with van der Waals surface area (Å²) in [5, 5.41) is 26.6. The van der Waals surface area contributed by atoms with Gasteiger partial charge >= 0.3 is 0 Å². The average Bonchev–Trinajstić information content (AvgIpc) is 3.53. The van der Waals surface area contributed by atoms with E-state index in [0.717, 1.165) is 34.7 Å². The largest absolute Gasteiger partial charge is 0.396 e. The van der Waals surface area contributed by atoms with Crippen molar-refractivity contribution in [1.82, 2.24) is 9.88 Å². The highest BCUT2D eigenvalue weighted by atomic mass is 32.1. The molecule has 0 radical (unpaired) electrons. The van der Waals surface area contributed by atoms with E-state index in [1.54, 1.807) is 22.7 Å². The molecule has 2 N–H and O–H groups in total. The molecular formula is C28H34N2O3S2. The Hall–Kier alpha value is -2.06. The molecule has 5 atom stereocenters. The molecule has 1 aromatic carbocycles. The van der Waals surface area contributed by atoms with E-state index in [4.69, 9.17) is 4.98 Å². The highest BCUT2D eigenvalue weighted by molar-refractivity contribution is 7.15. The van der Waals surface area contributed by atoms with Gasteiger partial charge in [0.05, 0.1) is 18.4 Å². The monoisotopic (exact) mass is 510 g/mol. The van der Waals surface area contributed by atoms with E-state index in [9.17, 15) is 15.0 Å². The number of thiazole rings is 1.